The van der Waals surface area contributed by atoms with Crippen LogP contribution in [0, 0.1) is 0 Å². The van der Waals surface area contributed by atoms with E-state index < -0.39 is 0 Å². The van der Waals surface area contributed by atoms with Crippen LogP contribution in [0.3, 0.4) is 0 Å². The summed E-state index contributed by atoms with van der Waals surface area (Å²) in [5.41, 5.74) is 9.62. The summed E-state index contributed by atoms with van der Waals surface area (Å²) < 4.78 is 5.41. The van der Waals surface area contributed by atoms with Gasteiger partial charge in [-0.3, -0.25) is 9.25 Å². The number of hydrogen-bond donors (Lipinski definition) is 1. The quantitative estimate of drug-likeness (QED) is 0.718. The predicted molar refractivity (Wildman–Crippen MR) is 68.4 cm³/mol. The minimum atomic E-state index is 0.459. The SMILES string of the molecule is CCc1nn(C)c2c1nc(N)n2-c1cnn(C)c1. The van der Waals surface area contributed by atoms with Gasteiger partial charge in [0.05, 0.1) is 17.6 Å². The van der Waals surface area contributed by atoms with Crippen molar-refractivity contribution in [3.63, 3.8) is 0 Å². The third-order valence-electron chi connectivity index (χ3n) is 3.01. The zero-order valence-electron chi connectivity index (χ0n) is 10.6. The second-order valence-corrected chi connectivity index (χ2v) is 4.27. The van der Waals surface area contributed by atoms with Crippen molar-refractivity contribution >= 4 is 17.1 Å². The summed E-state index contributed by atoms with van der Waals surface area (Å²) in [5.74, 6) is 0.459. The molecule has 0 aliphatic heterocycles. The average molecular weight is 245 g/mol. The zero-order valence-corrected chi connectivity index (χ0v) is 10.6. The Labute approximate surface area is 104 Å². The molecule has 3 aromatic rings. The molecule has 3 heterocycles. The monoisotopic (exact) mass is 245 g/mol. The zero-order chi connectivity index (χ0) is 12.9. The van der Waals surface area contributed by atoms with Gasteiger partial charge in [-0.15, -0.1) is 0 Å². The number of anilines is 1. The standard InChI is InChI=1S/C11H15N7/c1-4-8-9-10(17(3)15-8)18(11(12)14-9)7-5-13-16(2)6-7/h5-6H,4H2,1-3H3,(H2,12,14). The van der Waals surface area contributed by atoms with Crippen LogP contribution in [0.1, 0.15) is 12.6 Å². The molecule has 18 heavy (non-hydrogen) atoms. The number of hydrogen-bond acceptors (Lipinski definition) is 4. The summed E-state index contributed by atoms with van der Waals surface area (Å²) in [6.45, 7) is 2.06. The molecule has 3 aromatic heterocycles. The normalized spacial score (nSPS) is 11.5. The minimum Gasteiger partial charge on any atom is -0.369 e. The molecule has 3 rings (SSSR count). The number of nitrogens with zero attached hydrogens (tertiary/aromatic N) is 6. The molecule has 7 heteroatoms. The molecule has 94 valence electrons. The lowest BCUT2D eigenvalue weighted by molar-refractivity contribution is 0.750. The summed E-state index contributed by atoms with van der Waals surface area (Å²) in [5, 5.41) is 8.61. The molecule has 2 N–H and O–H groups in total. The van der Waals surface area contributed by atoms with Crippen molar-refractivity contribution in [2.24, 2.45) is 14.1 Å². The van der Waals surface area contributed by atoms with Gasteiger partial charge in [-0.25, -0.2) is 9.67 Å². The largest absolute Gasteiger partial charge is 0.369 e. The third kappa shape index (κ3) is 1.33. The van der Waals surface area contributed by atoms with Crippen molar-refractivity contribution in [1.82, 2.24) is 29.1 Å². The molecule has 0 amide bonds. The number of fused-ring (bicyclic) bond motifs is 1. The third-order valence-corrected chi connectivity index (χ3v) is 3.01. The number of nitrogens with two attached hydrogens (primary N) is 1. The average Bonchev–Trinajstić information content (AvgIpc) is 2.96. The van der Waals surface area contributed by atoms with Crippen molar-refractivity contribution in [3.05, 3.63) is 18.1 Å². The lowest BCUT2D eigenvalue weighted by Crippen LogP contribution is -2.04. The Hall–Kier alpha value is -2.31. The van der Waals surface area contributed by atoms with Crippen molar-refractivity contribution in [2.75, 3.05) is 5.73 Å². The fourth-order valence-electron chi connectivity index (χ4n) is 2.21. The van der Waals surface area contributed by atoms with Gasteiger partial charge in [-0.05, 0) is 6.42 Å². The number of rotatable bonds is 2. The highest BCUT2D eigenvalue weighted by Gasteiger charge is 2.18. The molecule has 0 atom stereocenters. The second kappa shape index (κ2) is 3.59. The smallest absolute Gasteiger partial charge is 0.207 e. The number of nitrogen functional groups attached to an aromatic ring is 1. The van der Waals surface area contributed by atoms with Crippen molar-refractivity contribution in [1.29, 1.82) is 0 Å². The fourth-order valence-corrected chi connectivity index (χ4v) is 2.21. The number of aromatic nitrogens is 6. The van der Waals surface area contributed by atoms with Gasteiger partial charge in [0.2, 0.25) is 5.95 Å². The van der Waals surface area contributed by atoms with Crippen LogP contribution in [0.2, 0.25) is 0 Å². The van der Waals surface area contributed by atoms with E-state index in [-0.39, 0.29) is 0 Å². The predicted octanol–water partition coefficient (Wildman–Crippen LogP) is 0.637. The summed E-state index contributed by atoms with van der Waals surface area (Å²) in [7, 11) is 3.77. The van der Waals surface area contributed by atoms with E-state index in [1.165, 1.54) is 0 Å². The Kier molecular flexibility index (Phi) is 2.16. The molecule has 0 radical (unpaired) electrons. The van der Waals surface area contributed by atoms with Crippen LogP contribution in [-0.4, -0.2) is 29.1 Å². The molecule has 0 fully saturated rings. The van der Waals surface area contributed by atoms with E-state index in [1.807, 2.05) is 29.5 Å². The highest BCUT2D eigenvalue weighted by Crippen LogP contribution is 2.24. The van der Waals surface area contributed by atoms with E-state index in [0.29, 0.717) is 5.95 Å². The molecule has 0 aliphatic rings. The maximum atomic E-state index is 6.01. The van der Waals surface area contributed by atoms with Gasteiger partial charge in [0.15, 0.2) is 5.65 Å². The van der Waals surface area contributed by atoms with Gasteiger partial charge in [-0.2, -0.15) is 10.2 Å². The van der Waals surface area contributed by atoms with Gasteiger partial charge < -0.3 is 5.73 Å². The maximum Gasteiger partial charge on any atom is 0.207 e. The molecule has 0 spiro atoms. The number of aryl methyl sites for hydroxylation is 3. The van der Waals surface area contributed by atoms with E-state index in [2.05, 4.69) is 22.1 Å². The molecular formula is C11H15N7. The summed E-state index contributed by atoms with van der Waals surface area (Å²) in [4.78, 5) is 4.41. The van der Waals surface area contributed by atoms with Gasteiger partial charge in [0.1, 0.15) is 5.52 Å². The van der Waals surface area contributed by atoms with Gasteiger partial charge in [0, 0.05) is 20.3 Å². The van der Waals surface area contributed by atoms with Crippen LogP contribution in [-0.2, 0) is 20.5 Å². The molecular weight excluding hydrogens is 230 g/mol. The van der Waals surface area contributed by atoms with Crippen LogP contribution in [0.5, 0.6) is 0 Å². The Morgan fingerprint density at radius 3 is 2.72 bits per heavy atom. The van der Waals surface area contributed by atoms with E-state index in [0.717, 1.165) is 29.0 Å². The molecule has 0 aromatic carbocycles. The first kappa shape index (κ1) is 10.8. The first-order chi connectivity index (χ1) is 8.61. The van der Waals surface area contributed by atoms with Crippen LogP contribution in [0.4, 0.5) is 5.95 Å². The van der Waals surface area contributed by atoms with E-state index in [1.54, 1.807) is 10.9 Å². The van der Waals surface area contributed by atoms with Crippen LogP contribution < -0.4 is 5.73 Å². The van der Waals surface area contributed by atoms with Crippen molar-refractivity contribution < 1.29 is 0 Å². The van der Waals surface area contributed by atoms with E-state index in [9.17, 15) is 0 Å². The lowest BCUT2D eigenvalue weighted by Gasteiger charge is -2.02. The summed E-state index contributed by atoms with van der Waals surface area (Å²) in [6, 6.07) is 0. The molecule has 0 unspecified atom stereocenters. The van der Waals surface area contributed by atoms with Crippen molar-refractivity contribution in [3.8, 4) is 5.69 Å². The maximum absolute atomic E-state index is 6.01. The Balaban J connectivity index is 2.35. The summed E-state index contributed by atoms with van der Waals surface area (Å²) in [6.07, 6.45) is 4.49. The Morgan fingerprint density at radius 1 is 1.33 bits per heavy atom. The van der Waals surface area contributed by atoms with Gasteiger partial charge in [-0.1, -0.05) is 6.92 Å². The van der Waals surface area contributed by atoms with Gasteiger partial charge in [0.25, 0.3) is 0 Å². The Morgan fingerprint density at radius 2 is 2.11 bits per heavy atom. The number of imidazole rings is 1. The van der Waals surface area contributed by atoms with Crippen LogP contribution in [0.15, 0.2) is 12.4 Å². The second-order valence-electron chi connectivity index (χ2n) is 4.27. The lowest BCUT2D eigenvalue weighted by atomic mass is 10.3. The fraction of sp³-hybridized carbons (Fsp3) is 0.364. The van der Waals surface area contributed by atoms with Crippen LogP contribution in [0.25, 0.3) is 16.9 Å². The topological polar surface area (TPSA) is 79.5 Å². The first-order valence-electron chi connectivity index (χ1n) is 5.80. The molecule has 0 bridgehead atoms. The highest BCUT2D eigenvalue weighted by atomic mass is 15.4. The first-order valence-corrected chi connectivity index (χ1v) is 5.80. The molecule has 0 saturated heterocycles. The Bertz CT molecular complexity index is 715. The van der Waals surface area contributed by atoms with Crippen LogP contribution >= 0.6 is 0 Å². The van der Waals surface area contributed by atoms with Crippen molar-refractivity contribution in [2.45, 2.75) is 13.3 Å². The molecule has 7 nitrogen and oxygen atoms in total. The molecule has 0 saturated carbocycles. The van der Waals surface area contributed by atoms with E-state index in [4.69, 9.17) is 5.73 Å². The summed E-state index contributed by atoms with van der Waals surface area (Å²) >= 11 is 0. The highest BCUT2D eigenvalue weighted by molar-refractivity contribution is 5.80. The van der Waals surface area contributed by atoms with Gasteiger partial charge >= 0.3 is 0 Å². The van der Waals surface area contributed by atoms with E-state index >= 15 is 0 Å². The molecule has 0 aliphatic carbocycles. The minimum absolute atomic E-state index is 0.459.